The molecule has 2 rings (SSSR count). The third-order valence-corrected chi connectivity index (χ3v) is 3.28. The molecule has 0 spiro atoms. The van der Waals surface area contributed by atoms with Crippen LogP contribution in [0.15, 0.2) is 6.07 Å². The van der Waals surface area contributed by atoms with Gasteiger partial charge < -0.3 is 10.1 Å². The Morgan fingerprint density at radius 3 is 2.69 bits per heavy atom. The molecule has 1 aromatic heterocycles. The van der Waals surface area contributed by atoms with Crippen molar-refractivity contribution in [2.75, 3.05) is 0 Å². The van der Waals surface area contributed by atoms with Crippen LogP contribution in [0.1, 0.15) is 60.8 Å². The van der Waals surface area contributed by atoms with E-state index in [0.717, 1.165) is 30.7 Å². The zero-order valence-electron chi connectivity index (χ0n) is 9.92. The highest BCUT2D eigenvalue weighted by Gasteiger charge is 2.26. The van der Waals surface area contributed by atoms with Crippen molar-refractivity contribution < 1.29 is 9.90 Å². The third-order valence-electron chi connectivity index (χ3n) is 3.28. The summed E-state index contributed by atoms with van der Waals surface area (Å²) in [6.45, 7) is 4.29. The molecule has 1 aliphatic rings. The van der Waals surface area contributed by atoms with E-state index in [1.807, 2.05) is 6.07 Å². The number of rotatable bonds is 4. The number of hydrogen-bond acceptors (Lipinski definition) is 1. The van der Waals surface area contributed by atoms with Gasteiger partial charge in [0.15, 0.2) is 0 Å². The maximum atomic E-state index is 11.1. The van der Waals surface area contributed by atoms with Crippen LogP contribution < -0.4 is 0 Å². The van der Waals surface area contributed by atoms with E-state index in [1.54, 1.807) is 0 Å². The highest BCUT2D eigenvalue weighted by Crippen LogP contribution is 2.37. The van der Waals surface area contributed by atoms with Gasteiger partial charge in [-0.2, -0.15) is 0 Å². The van der Waals surface area contributed by atoms with Gasteiger partial charge in [0, 0.05) is 11.4 Å². The van der Waals surface area contributed by atoms with Gasteiger partial charge in [-0.3, -0.25) is 0 Å². The summed E-state index contributed by atoms with van der Waals surface area (Å²) in [6.07, 6.45) is 4.40. The van der Waals surface area contributed by atoms with Gasteiger partial charge in [-0.25, -0.2) is 4.79 Å². The summed E-state index contributed by atoms with van der Waals surface area (Å²) in [5.41, 5.74) is 2.50. The molecule has 0 saturated heterocycles. The van der Waals surface area contributed by atoms with E-state index in [1.165, 1.54) is 6.42 Å². The van der Waals surface area contributed by atoms with Gasteiger partial charge >= 0.3 is 5.97 Å². The van der Waals surface area contributed by atoms with Gasteiger partial charge in [-0.1, -0.05) is 20.3 Å². The van der Waals surface area contributed by atoms with E-state index in [9.17, 15) is 4.79 Å². The molecule has 88 valence electrons. The molecule has 1 aromatic rings. The first-order valence-electron chi connectivity index (χ1n) is 6.03. The van der Waals surface area contributed by atoms with Crippen LogP contribution in [0.4, 0.5) is 0 Å². The van der Waals surface area contributed by atoms with Gasteiger partial charge in [0.05, 0.1) is 5.56 Å². The second-order valence-corrected chi connectivity index (χ2v) is 5.15. The Hall–Kier alpha value is -1.25. The Bertz CT molecular complexity index is 389. The molecule has 0 amide bonds. The molecule has 3 heteroatoms. The average molecular weight is 221 g/mol. The molecule has 2 N–H and O–H groups in total. The maximum absolute atomic E-state index is 11.1. The summed E-state index contributed by atoms with van der Waals surface area (Å²) in [4.78, 5) is 14.5. The predicted octanol–water partition coefficient (Wildman–Crippen LogP) is 3.18. The van der Waals surface area contributed by atoms with E-state index in [4.69, 9.17) is 5.11 Å². The average Bonchev–Trinajstić information content (AvgIpc) is 2.44. The fourth-order valence-electron chi connectivity index (χ4n) is 2.27. The minimum Gasteiger partial charge on any atom is -0.478 e. The van der Waals surface area contributed by atoms with E-state index in [0.29, 0.717) is 17.4 Å². The normalized spacial score (nSPS) is 16.4. The van der Waals surface area contributed by atoms with Gasteiger partial charge in [-0.05, 0) is 37.2 Å². The summed E-state index contributed by atoms with van der Waals surface area (Å²) in [5.74, 6) is 0.203. The van der Waals surface area contributed by atoms with Crippen molar-refractivity contribution in [1.29, 1.82) is 0 Å². The van der Waals surface area contributed by atoms with Gasteiger partial charge in [0.1, 0.15) is 0 Å². The first-order chi connectivity index (χ1) is 7.58. The summed E-state index contributed by atoms with van der Waals surface area (Å²) in [5, 5.41) is 9.16. The van der Waals surface area contributed by atoms with Crippen molar-refractivity contribution in [3.8, 4) is 0 Å². The number of carboxylic acid groups (broad SMARTS) is 1. The quantitative estimate of drug-likeness (QED) is 0.820. The Morgan fingerprint density at radius 2 is 2.25 bits per heavy atom. The van der Waals surface area contributed by atoms with Gasteiger partial charge in [-0.15, -0.1) is 0 Å². The number of aromatic nitrogens is 1. The zero-order chi connectivity index (χ0) is 11.7. The molecular weight excluding hydrogens is 202 g/mol. The number of H-pyrrole nitrogens is 1. The summed E-state index contributed by atoms with van der Waals surface area (Å²) in [6, 6.07) is 1.82. The Labute approximate surface area is 95.9 Å². The molecule has 1 heterocycles. The summed E-state index contributed by atoms with van der Waals surface area (Å²) < 4.78 is 0. The lowest BCUT2D eigenvalue weighted by molar-refractivity contribution is 0.0694. The van der Waals surface area contributed by atoms with Crippen molar-refractivity contribution >= 4 is 5.97 Å². The van der Waals surface area contributed by atoms with Gasteiger partial charge in [0.2, 0.25) is 0 Å². The van der Waals surface area contributed by atoms with Crippen LogP contribution >= 0.6 is 0 Å². The fraction of sp³-hybridized carbons (Fsp3) is 0.615. The molecule has 3 nitrogen and oxygen atoms in total. The zero-order valence-corrected chi connectivity index (χ0v) is 9.92. The van der Waals surface area contributed by atoms with E-state index < -0.39 is 5.97 Å². The number of hydrogen-bond donors (Lipinski definition) is 2. The number of nitrogens with one attached hydrogen (secondary N) is 1. The van der Waals surface area contributed by atoms with Crippen LogP contribution in [-0.4, -0.2) is 16.1 Å². The lowest BCUT2D eigenvalue weighted by atomic mass is 9.82. The Balaban J connectivity index is 2.26. The predicted molar refractivity (Wildman–Crippen MR) is 62.9 cm³/mol. The van der Waals surface area contributed by atoms with Crippen molar-refractivity contribution in [2.24, 2.45) is 5.92 Å². The summed E-state index contributed by atoms with van der Waals surface area (Å²) >= 11 is 0. The number of aromatic carboxylic acids is 1. The lowest BCUT2D eigenvalue weighted by Crippen LogP contribution is -2.13. The minimum atomic E-state index is -0.798. The minimum absolute atomic E-state index is 0.451. The van der Waals surface area contributed by atoms with Crippen LogP contribution in [-0.2, 0) is 6.42 Å². The second-order valence-electron chi connectivity index (χ2n) is 5.15. The van der Waals surface area contributed by atoms with Crippen molar-refractivity contribution in [1.82, 2.24) is 4.98 Å². The molecule has 0 aromatic carbocycles. The fourth-order valence-corrected chi connectivity index (χ4v) is 2.27. The van der Waals surface area contributed by atoms with Crippen LogP contribution in [0.2, 0.25) is 0 Å². The van der Waals surface area contributed by atoms with Crippen molar-refractivity contribution in [3.05, 3.63) is 23.0 Å². The number of carbonyl (C=O) groups is 1. The third kappa shape index (κ3) is 2.13. The molecule has 0 aliphatic heterocycles. The molecule has 0 unspecified atom stereocenters. The smallest absolute Gasteiger partial charge is 0.337 e. The molecule has 1 aliphatic carbocycles. The molecule has 0 atom stereocenters. The number of aromatic amines is 1. The van der Waals surface area contributed by atoms with E-state index in [-0.39, 0.29) is 0 Å². The molecule has 1 fully saturated rings. The molecular formula is C13H19NO2. The second kappa shape index (κ2) is 4.32. The van der Waals surface area contributed by atoms with Crippen LogP contribution in [0.25, 0.3) is 0 Å². The SMILES string of the molecule is CC(C)Cc1cc(C(=O)O)c(C2CCC2)[nH]1. The topological polar surface area (TPSA) is 53.1 Å². The molecule has 1 saturated carbocycles. The lowest BCUT2D eigenvalue weighted by Gasteiger charge is -2.25. The van der Waals surface area contributed by atoms with E-state index in [2.05, 4.69) is 18.8 Å². The Morgan fingerprint density at radius 1 is 1.56 bits per heavy atom. The first-order valence-corrected chi connectivity index (χ1v) is 6.03. The first kappa shape index (κ1) is 11.2. The number of carboxylic acids is 1. The summed E-state index contributed by atoms with van der Waals surface area (Å²) in [7, 11) is 0. The Kier molecular flexibility index (Phi) is 3.03. The van der Waals surface area contributed by atoms with Crippen molar-refractivity contribution in [3.63, 3.8) is 0 Å². The monoisotopic (exact) mass is 221 g/mol. The van der Waals surface area contributed by atoms with Crippen molar-refractivity contribution in [2.45, 2.75) is 45.4 Å². The standard InChI is InChI=1S/C13H19NO2/c1-8(2)6-10-7-11(13(15)16)12(14-10)9-4-3-5-9/h7-9,14H,3-6H2,1-2H3,(H,15,16). The highest BCUT2D eigenvalue weighted by atomic mass is 16.4. The van der Waals surface area contributed by atoms with E-state index >= 15 is 0 Å². The van der Waals surface area contributed by atoms with Crippen LogP contribution in [0, 0.1) is 5.92 Å². The van der Waals surface area contributed by atoms with Gasteiger partial charge in [0.25, 0.3) is 0 Å². The van der Waals surface area contributed by atoms with Crippen LogP contribution in [0.3, 0.4) is 0 Å². The molecule has 0 radical (unpaired) electrons. The highest BCUT2D eigenvalue weighted by molar-refractivity contribution is 5.89. The largest absolute Gasteiger partial charge is 0.478 e. The maximum Gasteiger partial charge on any atom is 0.337 e. The van der Waals surface area contributed by atoms with Crippen LogP contribution in [0.5, 0.6) is 0 Å². The molecule has 0 bridgehead atoms. The molecule has 16 heavy (non-hydrogen) atoms.